The van der Waals surface area contributed by atoms with Gasteiger partial charge in [0.25, 0.3) is 5.91 Å². The summed E-state index contributed by atoms with van der Waals surface area (Å²) in [5.41, 5.74) is -1.03. The van der Waals surface area contributed by atoms with Gasteiger partial charge in [0.2, 0.25) is 0 Å². The van der Waals surface area contributed by atoms with Gasteiger partial charge in [-0.05, 0) is 18.2 Å². The van der Waals surface area contributed by atoms with Crippen LogP contribution in [0.15, 0.2) is 28.7 Å². The smallest absolute Gasteiger partial charge is 0.251 e. The largest absolute Gasteiger partial charge is 0.394 e. The Hall–Kier alpha value is -0.950. The summed E-state index contributed by atoms with van der Waals surface area (Å²) in [5, 5.41) is 29.7. The van der Waals surface area contributed by atoms with Crippen LogP contribution in [0, 0.1) is 0 Å². The lowest BCUT2D eigenvalue weighted by atomic mass is 10.0. The van der Waals surface area contributed by atoms with E-state index < -0.39 is 31.3 Å². The standard InChI is InChI=1S/C11H14BrNO4/c12-9-3-1-2-8(4-9)10(17)13-11(5-14,6-15)7-16/h1-4,14-16H,5-7H2,(H,13,17). The molecule has 1 aromatic carbocycles. The summed E-state index contributed by atoms with van der Waals surface area (Å²) < 4.78 is 0.743. The topological polar surface area (TPSA) is 89.8 Å². The monoisotopic (exact) mass is 303 g/mol. The molecule has 0 radical (unpaired) electrons. The van der Waals surface area contributed by atoms with Gasteiger partial charge in [-0.25, -0.2) is 0 Å². The van der Waals surface area contributed by atoms with E-state index in [9.17, 15) is 4.79 Å². The summed E-state index contributed by atoms with van der Waals surface area (Å²) in [6.07, 6.45) is 0. The van der Waals surface area contributed by atoms with Crippen molar-refractivity contribution in [2.75, 3.05) is 19.8 Å². The van der Waals surface area contributed by atoms with Gasteiger partial charge in [0.15, 0.2) is 0 Å². The van der Waals surface area contributed by atoms with Crippen molar-refractivity contribution in [1.82, 2.24) is 5.32 Å². The normalized spacial score (nSPS) is 11.3. The van der Waals surface area contributed by atoms with E-state index >= 15 is 0 Å². The third kappa shape index (κ3) is 3.50. The molecule has 0 heterocycles. The highest BCUT2D eigenvalue weighted by atomic mass is 79.9. The zero-order valence-electron chi connectivity index (χ0n) is 9.06. The van der Waals surface area contributed by atoms with Crippen LogP contribution < -0.4 is 5.32 Å². The Labute approximate surface area is 107 Å². The minimum absolute atomic E-state index is 0.374. The van der Waals surface area contributed by atoms with Gasteiger partial charge in [-0.1, -0.05) is 22.0 Å². The van der Waals surface area contributed by atoms with Gasteiger partial charge in [0.05, 0.1) is 19.8 Å². The van der Waals surface area contributed by atoms with E-state index in [1.54, 1.807) is 24.3 Å². The number of rotatable bonds is 5. The Morgan fingerprint density at radius 1 is 1.24 bits per heavy atom. The van der Waals surface area contributed by atoms with Crippen LogP contribution in [0.4, 0.5) is 0 Å². The lowest BCUT2D eigenvalue weighted by Gasteiger charge is -2.28. The molecular weight excluding hydrogens is 290 g/mol. The van der Waals surface area contributed by atoms with Crippen molar-refractivity contribution >= 4 is 21.8 Å². The third-order valence-corrected chi connectivity index (χ3v) is 2.87. The maximum Gasteiger partial charge on any atom is 0.251 e. The first-order valence-corrected chi connectivity index (χ1v) is 5.77. The maximum absolute atomic E-state index is 11.8. The number of carbonyl (C=O) groups excluding carboxylic acids is 1. The quantitative estimate of drug-likeness (QED) is 0.611. The van der Waals surface area contributed by atoms with Crippen LogP contribution in [-0.4, -0.2) is 46.6 Å². The maximum atomic E-state index is 11.8. The Balaban J connectivity index is 2.84. The zero-order chi connectivity index (χ0) is 12.9. The van der Waals surface area contributed by atoms with E-state index in [4.69, 9.17) is 15.3 Å². The first-order chi connectivity index (χ1) is 8.06. The number of hydrogen-bond acceptors (Lipinski definition) is 4. The molecule has 0 bridgehead atoms. The van der Waals surface area contributed by atoms with Crippen LogP contribution in [0.3, 0.4) is 0 Å². The summed E-state index contributed by atoms with van der Waals surface area (Å²) in [5.74, 6) is -0.469. The Morgan fingerprint density at radius 3 is 2.29 bits per heavy atom. The van der Waals surface area contributed by atoms with Crippen LogP contribution >= 0.6 is 15.9 Å². The molecule has 1 rings (SSSR count). The minimum atomic E-state index is -1.40. The molecule has 17 heavy (non-hydrogen) atoms. The van der Waals surface area contributed by atoms with Crippen LogP contribution in [0.1, 0.15) is 10.4 Å². The fourth-order valence-corrected chi connectivity index (χ4v) is 1.61. The summed E-state index contributed by atoms with van der Waals surface area (Å²) in [7, 11) is 0. The molecule has 0 aliphatic heterocycles. The molecule has 4 N–H and O–H groups in total. The van der Waals surface area contributed by atoms with Gasteiger partial charge in [-0.15, -0.1) is 0 Å². The van der Waals surface area contributed by atoms with E-state index in [0.29, 0.717) is 5.56 Å². The SMILES string of the molecule is O=C(NC(CO)(CO)CO)c1cccc(Br)c1. The molecular formula is C11H14BrNO4. The average Bonchev–Trinajstić information content (AvgIpc) is 2.36. The number of aliphatic hydroxyl groups is 3. The first kappa shape index (κ1) is 14.1. The molecule has 1 amide bonds. The minimum Gasteiger partial charge on any atom is -0.394 e. The number of benzene rings is 1. The summed E-state index contributed by atoms with van der Waals surface area (Å²) in [6, 6.07) is 6.66. The van der Waals surface area contributed by atoms with Crippen molar-refractivity contribution in [3.05, 3.63) is 34.3 Å². The van der Waals surface area contributed by atoms with Gasteiger partial charge in [-0.3, -0.25) is 4.79 Å². The van der Waals surface area contributed by atoms with E-state index in [-0.39, 0.29) is 0 Å². The fourth-order valence-electron chi connectivity index (χ4n) is 1.21. The Morgan fingerprint density at radius 2 is 1.82 bits per heavy atom. The number of nitrogens with one attached hydrogen (secondary N) is 1. The van der Waals surface area contributed by atoms with E-state index in [1.165, 1.54) is 0 Å². The number of halogens is 1. The number of amides is 1. The van der Waals surface area contributed by atoms with Crippen molar-refractivity contribution in [2.24, 2.45) is 0 Å². The predicted molar refractivity (Wildman–Crippen MR) is 65.6 cm³/mol. The highest BCUT2D eigenvalue weighted by molar-refractivity contribution is 9.10. The molecule has 0 saturated carbocycles. The van der Waals surface area contributed by atoms with Gasteiger partial charge in [0.1, 0.15) is 5.54 Å². The second-order valence-corrected chi connectivity index (χ2v) is 4.63. The van der Waals surface area contributed by atoms with Crippen molar-refractivity contribution in [3.8, 4) is 0 Å². The van der Waals surface area contributed by atoms with Gasteiger partial charge in [0, 0.05) is 10.0 Å². The molecule has 0 fully saturated rings. The van der Waals surface area contributed by atoms with E-state index in [2.05, 4.69) is 21.2 Å². The highest BCUT2D eigenvalue weighted by Gasteiger charge is 2.30. The number of aliphatic hydroxyl groups excluding tert-OH is 3. The van der Waals surface area contributed by atoms with E-state index in [0.717, 1.165) is 4.47 Å². The van der Waals surface area contributed by atoms with Crippen molar-refractivity contribution < 1.29 is 20.1 Å². The lowest BCUT2D eigenvalue weighted by Crippen LogP contribution is -2.57. The Bertz CT molecular complexity index is 385. The van der Waals surface area contributed by atoms with Gasteiger partial charge >= 0.3 is 0 Å². The first-order valence-electron chi connectivity index (χ1n) is 4.97. The van der Waals surface area contributed by atoms with Crippen molar-refractivity contribution in [3.63, 3.8) is 0 Å². The molecule has 94 valence electrons. The molecule has 1 aromatic rings. The molecule has 0 aromatic heterocycles. The molecule has 5 nitrogen and oxygen atoms in total. The summed E-state index contributed by atoms with van der Waals surface area (Å²) in [6.45, 7) is -1.63. The van der Waals surface area contributed by atoms with E-state index in [1.807, 2.05) is 0 Å². The number of carbonyl (C=O) groups is 1. The van der Waals surface area contributed by atoms with Crippen molar-refractivity contribution in [1.29, 1.82) is 0 Å². The van der Waals surface area contributed by atoms with Gasteiger partial charge < -0.3 is 20.6 Å². The fraction of sp³-hybridized carbons (Fsp3) is 0.364. The lowest BCUT2D eigenvalue weighted by molar-refractivity contribution is 0.0375. The Kier molecular flexibility index (Phi) is 5.07. The van der Waals surface area contributed by atoms with Crippen LogP contribution in [0.25, 0.3) is 0 Å². The van der Waals surface area contributed by atoms with Crippen LogP contribution in [-0.2, 0) is 0 Å². The molecule has 0 saturated heterocycles. The average molecular weight is 304 g/mol. The highest BCUT2D eigenvalue weighted by Crippen LogP contribution is 2.12. The van der Waals surface area contributed by atoms with Crippen LogP contribution in [0.5, 0.6) is 0 Å². The van der Waals surface area contributed by atoms with Crippen LogP contribution in [0.2, 0.25) is 0 Å². The number of hydrogen-bond donors (Lipinski definition) is 4. The zero-order valence-corrected chi connectivity index (χ0v) is 10.6. The second-order valence-electron chi connectivity index (χ2n) is 3.72. The molecule has 0 aliphatic rings. The summed E-state index contributed by atoms with van der Waals surface area (Å²) >= 11 is 3.23. The molecule has 0 unspecified atom stereocenters. The molecule has 0 spiro atoms. The van der Waals surface area contributed by atoms with Crippen molar-refractivity contribution in [2.45, 2.75) is 5.54 Å². The molecule has 0 atom stereocenters. The second kappa shape index (κ2) is 6.11. The predicted octanol–water partition coefficient (Wildman–Crippen LogP) is -0.105. The summed E-state index contributed by atoms with van der Waals surface area (Å²) in [4.78, 5) is 11.8. The molecule has 6 heteroatoms. The third-order valence-electron chi connectivity index (χ3n) is 2.37. The van der Waals surface area contributed by atoms with Gasteiger partial charge in [-0.2, -0.15) is 0 Å². The molecule has 0 aliphatic carbocycles.